The van der Waals surface area contributed by atoms with E-state index in [4.69, 9.17) is 8.83 Å². The molecule has 1 fully saturated rings. The maximum Gasteiger partial charge on any atom is 0.329 e. The predicted octanol–water partition coefficient (Wildman–Crippen LogP) is 3.35. The van der Waals surface area contributed by atoms with Crippen molar-refractivity contribution in [2.75, 3.05) is 10.2 Å². The summed E-state index contributed by atoms with van der Waals surface area (Å²) >= 11 is 0. The van der Waals surface area contributed by atoms with Crippen molar-refractivity contribution in [3.8, 4) is 0 Å². The molecule has 0 spiro atoms. The van der Waals surface area contributed by atoms with Crippen LogP contribution in [0.15, 0.2) is 51.8 Å². The molecule has 3 aromatic heterocycles. The second-order valence-electron chi connectivity index (χ2n) is 6.09. The fraction of sp³-hybridized carbons (Fsp3) is 0.294. The summed E-state index contributed by atoms with van der Waals surface area (Å²) in [5.74, 6) is 2.07. The minimum atomic E-state index is -0.474. The van der Waals surface area contributed by atoms with E-state index in [0.717, 1.165) is 24.4 Å². The Morgan fingerprint density at radius 2 is 1.85 bits per heavy atom. The number of anilines is 2. The molecule has 0 bridgehead atoms. The summed E-state index contributed by atoms with van der Waals surface area (Å²) in [5.41, 5.74) is -0.128. The van der Waals surface area contributed by atoms with Gasteiger partial charge in [0.1, 0.15) is 17.7 Å². The van der Waals surface area contributed by atoms with Crippen molar-refractivity contribution in [1.29, 1.82) is 0 Å². The van der Waals surface area contributed by atoms with E-state index in [1.165, 1.54) is 6.20 Å². The zero-order valence-electron chi connectivity index (χ0n) is 13.9. The summed E-state index contributed by atoms with van der Waals surface area (Å²) in [6.07, 6.45) is 6.40. The van der Waals surface area contributed by atoms with E-state index in [1.54, 1.807) is 24.7 Å². The Morgan fingerprint density at radius 3 is 2.35 bits per heavy atom. The molecule has 0 aromatic carbocycles. The Hall–Kier alpha value is -3.36. The van der Waals surface area contributed by atoms with Gasteiger partial charge in [0.15, 0.2) is 0 Å². The molecule has 0 saturated heterocycles. The standard InChI is InChI=1S/C17H17N5O4/c23-22(24)15-9-18-17(20-16(15)19-12-5-6-12)21(10-13-3-1-7-25-13)11-14-4-2-8-26-14/h1-4,7-9,12H,5-6,10-11H2,(H,18,19,20). The van der Waals surface area contributed by atoms with Crippen LogP contribution in [0, 0.1) is 10.1 Å². The number of nitrogens with zero attached hydrogens (tertiary/aromatic N) is 4. The molecule has 0 aliphatic heterocycles. The number of furan rings is 2. The van der Waals surface area contributed by atoms with E-state index >= 15 is 0 Å². The van der Waals surface area contributed by atoms with Crippen molar-refractivity contribution in [1.82, 2.24) is 9.97 Å². The lowest BCUT2D eigenvalue weighted by Crippen LogP contribution is -2.24. The first-order valence-electron chi connectivity index (χ1n) is 8.27. The van der Waals surface area contributed by atoms with Crippen LogP contribution in [0.4, 0.5) is 17.5 Å². The van der Waals surface area contributed by atoms with Gasteiger partial charge in [-0.15, -0.1) is 0 Å². The summed E-state index contributed by atoms with van der Waals surface area (Å²) < 4.78 is 10.8. The van der Waals surface area contributed by atoms with Crippen LogP contribution in [0.25, 0.3) is 0 Å². The second-order valence-corrected chi connectivity index (χ2v) is 6.09. The van der Waals surface area contributed by atoms with E-state index in [0.29, 0.717) is 19.0 Å². The van der Waals surface area contributed by atoms with Gasteiger partial charge in [0.05, 0.1) is 30.5 Å². The molecule has 26 heavy (non-hydrogen) atoms. The lowest BCUT2D eigenvalue weighted by Gasteiger charge is -2.21. The highest BCUT2D eigenvalue weighted by atomic mass is 16.6. The Balaban J connectivity index is 1.65. The number of hydrogen-bond donors (Lipinski definition) is 1. The summed E-state index contributed by atoms with van der Waals surface area (Å²) in [6, 6.07) is 7.54. The van der Waals surface area contributed by atoms with E-state index < -0.39 is 4.92 Å². The molecule has 4 rings (SSSR count). The smallest absolute Gasteiger partial charge is 0.329 e. The molecule has 0 atom stereocenters. The van der Waals surface area contributed by atoms with Crippen molar-refractivity contribution >= 4 is 17.5 Å². The predicted molar refractivity (Wildman–Crippen MR) is 92.6 cm³/mol. The molecule has 9 nitrogen and oxygen atoms in total. The number of aromatic nitrogens is 2. The zero-order valence-corrected chi connectivity index (χ0v) is 13.9. The molecule has 134 valence electrons. The van der Waals surface area contributed by atoms with Gasteiger partial charge in [-0.25, -0.2) is 4.98 Å². The first kappa shape index (κ1) is 16.1. The van der Waals surface area contributed by atoms with Gasteiger partial charge in [0, 0.05) is 6.04 Å². The first-order valence-corrected chi connectivity index (χ1v) is 8.27. The van der Waals surface area contributed by atoms with Crippen molar-refractivity contribution in [2.24, 2.45) is 0 Å². The summed E-state index contributed by atoms with van der Waals surface area (Å²) in [5, 5.41) is 14.4. The van der Waals surface area contributed by atoms with Gasteiger partial charge >= 0.3 is 5.69 Å². The highest BCUT2D eigenvalue weighted by Crippen LogP contribution is 2.30. The monoisotopic (exact) mass is 355 g/mol. The number of nitrogens with one attached hydrogen (secondary N) is 1. The van der Waals surface area contributed by atoms with Crippen LogP contribution in [-0.4, -0.2) is 20.9 Å². The molecule has 1 aliphatic carbocycles. The average Bonchev–Trinajstić information content (AvgIpc) is 3.09. The van der Waals surface area contributed by atoms with Crippen molar-refractivity contribution in [3.63, 3.8) is 0 Å². The van der Waals surface area contributed by atoms with Gasteiger partial charge in [0.2, 0.25) is 11.8 Å². The van der Waals surface area contributed by atoms with Crippen LogP contribution >= 0.6 is 0 Å². The number of nitro groups is 1. The minimum absolute atomic E-state index is 0.128. The quantitative estimate of drug-likeness (QED) is 0.484. The SMILES string of the molecule is O=[N+]([O-])c1cnc(N(Cc2ccco2)Cc2ccco2)nc1NC1CC1. The highest BCUT2D eigenvalue weighted by molar-refractivity contribution is 5.58. The number of hydrogen-bond acceptors (Lipinski definition) is 8. The summed E-state index contributed by atoms with van der Waals surface area (Å²) in [7, 11) is 0. The first-order chi connectivity index (χ1) is 12.7. The Kier molecular flexibility index (Phi) is 4.26. The van der Waals surface area contributed by atoms with Crippen molar-refractivity contribution < 1.29 is 13.8 Å². The maximum absolute atomic E-state index is 11.3. The third-order valence-corrected chi connectivity index (χ3v) is 4.01. The molecular formula is C17H17N5O4. The molecule has 1 saturated carbocycles. The van der Waals surface area contributed by atoms with Crippen LogP contribution in [0.5, 0.6) is 0 Å². The Labute approximate surface area is 148 Å². The second kappa shape index (κ2) is 6.87. The topological polar surface area (TPSA) is 110 Å². The molecule has 0 amide bonds. The van der Waals surface area contributed by atoms with Gasteiger partial charge in [0.25, 0.3) is 0 Å². The largest absolute Gasteiger partial charge is 0.467 e. The van der Waals surface area contributed by atoms with Gasteiger partial charge < -0.3 is 19.1 Å². The minimum Gasteiger partial charge on any atom is -0.467 e. The molecule has 1 N–H and O–H groups in total. The molecule has 0 unspecified atom stereocenters. The van der Waals surface area contributed by atoms with Crippen LogP contribution in [0.1, 0.15) is 24.4 Å². The van der Waals surface area contributed by atoms with E-state index in [1.807, 2.05) is 17.0 Å². The normalized spacial score (nSPS) is 13.5. The van der Waals surface area contributed by atoms with Gasteiger partial charge in [-0.2, -0.15) is 4.98 Å². The van der Waals surface area contributed by atoms with Gasteiger partial charge in [-0.3, -0.25) is 10.1 Å². The molecule has 0 radical (unpaired) electrons. The molecule has 1 aliphatic rings. The molecule has 3 heterocycles. The zero-order chi connectivity index (χ0) is 17.9. The van der Waals surface area contributed by atoms with Gasteiger partial charge in [-0.1, -0.05) is 0 Å². The average molecular weight is 355 g/mol. The Morgan fingerprint density at radius 1 is 1.19 bits per heavy atom. The van der Waals surface area contributed by atoms with Crippen molar-refractivity contribution in [2.45, 2.75) is 32.0 Å². The van der Waals surface area contributed by atoms with Crippen molar-refractivity contribution in [3.05, 3.63) is 64.6 Å². The van der Waals surface area contributed by atoms with E-state index in [2.05, 4.69) is 15.3 Å². The third-order valence-electron chi connectivity index (χ3n) is 4.01. The van der Waals surface area contributed by atoms with Crippen LogP contribution in [0.3, 0.4) is 0 Å². The summed E-state index contributed by atoms with van der Waals surface area (Å²) in [4.78, 5) is 21.2. The fourth-order valence-corrected chi connectivity index (χ4v) is 2.56. The van der Waals surface area contributed by atoms with E-state index in [9.17, 15) is 10.1 Å². The third kappa shape index (κ3) is 3.66. The van der Waals surface area contributed by atoms with E-state index in [-0.39, 0.29) is 17.5 Å². The summed E-state index contributed by atoms with van der Waals surface area (Å²) in [6.45, 7) is 0.822. The maximum atomic E-state index is 11.3. The molecule has 9 heteroatoms. The van der Waals surface area contributed by atoms with Crippen LogP contribution < -0.4 is 10.2 Å². The molecular weight excluding hydrogens is 338 g/mol. The van der Waals surface area contributed by atoms with Gasteiger partial charge in [-0.05, 0) is 37.1 Å². The molecule has 3 aromatic rings. The fourth-order valence-electron chi connectivity index (χ4n) is 2.56. The lowest BCUT2D eigenvalue weighted by atomic mass is 10.3. The van der Waals surface area contributed by atoms with Crippen LogP contribution in [0.2, 0.25) is 0 Å². The lowest BCUT2D eigenvalue weighted by molar-refractivity contribution is -0.384. The van der Waals surface area contributed by atoms with Crippen LogP contribution in [-0.2, 0) is 13.1 Å². The highest BCUT2D eigenvalue weighted by Gasteiger charge is 2.27. The number of rotatable bonds is 8. The Bertz CT molecular complexity index is 838.